The molecule has 21 heavy (non-hydrogen) atoms. The van der Waals surface area contributed by atoms with Gasteiger partial charge in [-0.15, -0.1) is 0 Å². The molecule has 0 atom stereocenters. The lowest BCUT2D eigenvalue weighted by molar-refractivity contribution is 0.0940. The molecule has 1 amide bonds. The van der Waals surface area contributed by atoms with E-state index in [1.54, 1.807) is 19.2 Å². The number of amides is 1. The van der Waals surface area contributed by atoms with E-state index in [1.165, 1.54) is 4.57 Å². The van der Waals surface area contributed by atoms with Gasteiger partial charge in [0.15, 0.2) is 0 Å². The predicted octanol–water partition coefficient (Wildman–Crippen LogP) is 1.79. The van der Waals surface area contributed by atoms with Crippen molar-refractivity contribution in [3.63, 3.8) is 0 Å². The van der Waals surface area contributed by atoms with Crippen LogP contribution in [0.1, 0.15) is 23.8 Å². The highest BCUT2D eigenvalue weighted by Gasteiger charge is 2.14. The van der Waals surface area contributed by atoms with Crippen LogP contribution in [-0.2, 0) is 11.3 Å². The molecule has 0 saturated carbocycles. The molecule has 1 aromatic heterocycles. The molecule has 1 N–H and O–H groups in total. The zero-order valence-corrected chi connectivity index (χ0v) is 12.4. The van der Waals surface area contributed by atoms with Gasteiger partial charge in [0.05, 0.1) is 6.61 Å². The van der Waals surface area contributed by atoms with Gasteiger partial charge >= 0.3 is 0 Å². The number of hydrogen-bond donors (Lipinski definition) is 1. The van der Waals surface area contributed by atoms with Crippen LogP contribution in [0.15, 0.2) is 35.1 Å². The van der Waals surface area contributed by atoms with Crippen molar-refractivity contribution in [3.8, 4) is 0 Å². The Kier molecular flexibility index (Phi) is 5.11. The van der Waals surface area contributed by atoms with Crippen LogP contribution in [-0.4, -0.2) is 30.7 Å². The molecule has 5 heteroatoms. The second-order valence-electron chi connectivity index (χ2n) is 4.82. The molecule has 112 valence electrons. The molecular formula is C16H20N2O3. The smallest absolute Gasteiger partial charge is 0.268 e. The summed E-state index contributed by atoms with van der Waals surface area (Å²) in [5.41, 5.74) is 0.219. The summed E-state index contributed by atoms with van der Waals surface area (Å²) in [4.78, 5) is 24.8. The summed E-state index contributed by atoms with van der Waals surface area (Å²) in [5, 5.41) is 4.21. The first-order valence-corrected chi connectivity index (χ1v) is 7.08. The number of benzene rings is 1. The van der Waals surface area contributed by atoms with Crippen molar-refractivity contribution in [1.82, 2.24) is 9.88 Å². The molecule has 0 unspecified atom stereocenters. The minimum Gasteiger partial charge on any atom is -0.383 e. The third kappa shape index (κ3) is 3.31. The summed E-state index contributed by atoms with van der Waals surface area (Å²) in [5.74, 6) is -0.226. The third-order valence-electron chi connectivity index (χ3n) is 3.31. The molecule has 0 radical (unpaired) electrons. The number of methoxy groups -OCH3 is 1. The third-order valence-corrected chi connectivity index (χ3v) is 3.31. The van der Waals surface area contributed by atoms with E-state index in [0.29, 0.717) is 30.8 Å². The second kappa shape index (κ2) is 7.04. The van der Waals surface area contributed by atoms with Crippen LogP contribution in [0.3, 0.4) is 0 Å². The van der Waals surface area contributed by atoms with Gasteiger partial charge in [-0.2, -0.15) is 0 Å². The molecule has 0 aliphatic heterocycles. The highest BCUT2D eigenvalue weighted by atomic mass is 16.5. The van der Waals surface area contributed by atoms with Crippen molar-refractivity contribution in [3.05, 3.63) is 46.4 Å². The molecule has 1 heterocycles. The average molecular weight is 288 g/mol. The first kappa shape index (κ1) is 15.3. The maximum absolute atomic E-state index is 12.6. The van der Waals surface area contributed by atoms with Gasteiger partial charge in [0.1, 0.15) is 5.69 Å². The lowest BCUT2D eigenvalue weighted by Gasteiger charge is -2.14. The van der Waals surface area contributed by atoms with Gasteiger partial charge in [-0.1, -0.05) is 25.1 Å². The number of hydrogen-bond acceptors (Lipinski definition) is 3. The number of rotatable bonds is 6. The largest absolute Gasteiger partial charge is 0.383 e. The molecule has 0 fully saturated rings. The minimum absolute atomic E-state index is 0.160. The number of carbonyl (C=O) groups excluding carboxylic acids is 1. The minimum atomic E-state index is -0.226. The van der Waals surface area contributed by atoms with E-state index in [2.05, 4.69) is 5.32 Å². The SMILES string of the molecule is CCCNC(=O)c1cc2ccccc2c(=O)n1CCOC. The normalized spacial score (nSPS) is 10.8. The molecule has 2 aromatic rings. The Bertz CT molecular complexity index is 691. The maximum atomic E-state index is 12.6. The molecule has 0 saturated heterocycles. The van der Waals surface area contributed by atoms with Gasteiger partial charge in [-0.25, -0.2) is 0 Å². The monoisotopic (exact) mass is 288 g/mol. The second-order valence-corrected chi connectivity index (χ2v) is 4.82. The van der Waals surface area contributed by atoms with Gasteiger partial charge in [0.25, 0.3) is 11.5 Å². The Hall–Kier alpha value is -2.14. The van der Waals surface area contributed by atoms with Crippen LogP contribution < -0.4 is 10.9 Å². The van der Waals surface area contributed by atoms with Crippen molar-refractivity contribution in [2.45, 2.75) is 19.9 Å². The summed E-state index contributed by atoms with van der Waals surface area (Å²) in [6.07, 6.45) is 0.849. The Morgan fingerprint density at radius 2 is 2.10 bits per heavy atom. The first-order chi connectivity index (χ1) is 10.2. The topological polar surface area (TPSA) is 60.3 Å². The van der Waals surface area contributed by atoms with Crippen LogP contribution in [0.2, 0.25) is 0 Å². The zero-order chi connectivity index (χ0) is 15.2. The number of fused-ring (bicyclic) bond motifs is 1. The molecule has 0 bridgehead atoms. The molecule has 0 aliphatic carbocycles. The summed E-state index contributed by atoms with van der Waals surface area (Å²) in [7, 11) is 1.57. The summed E-state index contributed by atoms with van der Waals surface area (Å²) in [6, 6.07) is 9.05. The zero-order valence-electron chi connectivity index (χ0n) is 12.4. The van der Waals surface area contributed by atoms with E-state index in [0.717, 1.165) is 11.8 Å². The highest BCUT2D eigenvalue weighted by Crippen LogP contribution is 2.12. The number of pyridine rings is 1. The first-order valence-electron chi connectivity index (χ1n) is 7.08. The van der Waals surface area contributed by atoms with E-state index in [9.17, 15) is 9.59 Å². The lowest BCUT2D eigenvalue weighted by atomic mass is 10.1. The van der Waals surface area contributed by atoms with E-state index >= 15 is 0 Å². The quantitative estimate of drug-likeness (QED) is 0.881. The molecule has 0 spiro atoms. The van der Waals surface area contributed by atoms with Gasteiger partial charge in [-0.3, -0.25) is 9.59 Å². The maximum Gasteiger partial charge on any atom is 0.268 e. The predicted molar refractivity (Wildman–Crippen MR) is 82.7 cm³/mol. The van der Waals surface area contributed by atoms with Crippen molar-refractivity contribution in [1.29, 1.82) is 0 Å². The summed E-state index contributed by atoms with van der Waals surface area (Å²) < 4.78 is 6.52. The van der Waals surface area contributed by atoms with Gasteiger partial charge in [0.2, 0.25) is 0 Å². The number of aromatic nitrogens is 1. The standard InChI is InChI=1S/C16H20N2O3/c1-3-8-17-15(19)14-11-12-6-4-5-7-13(12)16(20)18(14)9-10-21-2/h4-7,11H,3,8-10H2,1-2H3,(H,17,19). The molecular weight excluding hydrogens is 268 g/mol. The van der Waals surface area contributed by atoms with E-state index in [4.69, 9.17) is 4.74 Å². The Balaban J connectivity index is 2.54. The van der Waals surface area contributed by atoms with Gasteiger partial charge < -0.3 is 14.6 Å². The average Bonchev–Trinajstić information content (AvgIpc) is 2.51. The molecule has 2 rings (SSSR count). The van der Waals surface area contributed by atoms with Crippen LogP contribution >= 0.6 is 0 Å². The number of carbonyl (C=O) groups is 1. The van der Waals surface area contributed by atoms with E-state index < -0.39 is 0 Å². The number of nitrogens with zero attached hydrogens (tertiary/aromatic N) is 1. The van der Waals surface area contributed by atoms with Crippen molar-refractivity contribution >= 4 is 16.7 Å². The Labute approximate surface area is 123 Å². The van der Waals surface area contributed by atoms with Crippen molar-refractivity contribution in [2.75, 3.05) is 20.3 Å². The molecule has 0 aliphatic rings. The van der Waals surface area contributed by atoms with E-state index in [-0.39, 0.29) is 11.5 Å². The van der Waals surface area contributed by atoms with Gasteiger partial charge in [-0.05, 0) is 23.9 Å². The fourth-order valence-corrected chi connectivity index (χ4v) is 2.22. The number of nitrogens with one attached hydrogen (secondary N) is 1. The Morgan fingerprint density at radius 3 is 2.81 bits per heavy atom. The number of ether oxygens (including phenoxy) is 1. The van der Waals surface area contributed by atoms with E-state index in [1.807, 2.05) is 25.1 Å². The van der Waals surface area contributed by atoms with Crippen LogP contribution in [0.5, 0.6) is 0 Å². The van der Waals surface area contributed by atoms with Crippen LogP contribution in [0.4, 0.5) is 0 Å². The van der Waals surface area contributed by atoms with Gasteiger partial charge in [0, 0.05) is 25.6 Å². The van der Waals surface area contributed by atoms with Crippen LogP contribution in [0, 0.1) is 0 Å². The Morgan fingerprint density at radius 1 is 1.33 bits per heavy atom. The summed E-state index contributed by atoms with van der Waals surface area (Å²) in [6.45, 7) is 3.31. The molecule has 5 nitrogen and oxygen atoms in total. The fraction of sp³-hybridized carbons (Fsp3) is 0.375. The molecule has 1 aromatic carbocycles. The van der Waals surface area contributed by atoms with Crippen molar-refractivity contribution < 1.29 is 9.53 Å². The fourth-order valence-electron chi connectivity index (χ4n) is 2.22. The van der Waals surface area contributed by atoms with Crippen molar-refractivity contribution in [2.24, 2.45) is 0 Å². The van der Waals surface area contributed by atoms with Crippen LogP contribution in [0.25, 0.3) is 10.8 Å². The summed E-state index contributed by atoms with van der Waals surface area (Å²) >= 11 is 0. The lowest BCUT2D eigenvalue weighted by Crippen LogP contribution is -2.33. The highest BCUT2D eigenvalue weighted by molar-refractivity contribution is 5.96.